The molecule has 0 saturated heterocycles. The summed E-state index contributed by atoms with van der Waals surface area (Å²) >= 11 is 0. The maximum absolute atomic E-state index is 10.4. The lowest BCUT2D eigenvalue weighted by Gasteiger charge is -2.25. The Morgan fingerprint density at radius 2 is 1.61 bits per heavy atom. The van der Waals surface area contributed by atoms with Gasteiger partial charge in [0.15, 0.2) is 0 Å². The minimum Gasteiger partial charge on any atom is -0.497 e. The number of nitrogens with two attached hydrogens (primary N) is 1. The van der Waals surface area contributed by atoms with Crippen LogP contribution in [0.1, 0.15) is 17.2 Å². The van der Waals surface area contributed by atoms with E-state index in [2.05, 4.69) is 29.6 Å². The minimum atomic E-state index is -1.21. The predicted molar refractivity (Wildman–Crippen MR) is 98.0 cm³/mol. The molecule has 0 spiro atoms. The van der Waals surface area contributed by atoms with E-state index in [9.17, 15) is 30.3 Å². The molecular weight excluding hydrogens is 374 g/mol. The number of benzene rings is 2. The first-order chi connectivity index (χ1) is 13.3. The van der Waals surface area contributed by atoms with Gasteiger partial charge in [-0.2, -0.15) is 0 Å². The van der Waals surface area contributed by atoms with Crippen molar-refractivity contribution in [2.24, 2.45) is 5.73 Å². The van der Waals surface area contributed by atoms with Gasteiger partial charge in [0.25, 0.3) is 11.4 Å². The lowest BCUT2D eigenvalue weighted by Crippen LogP contribution is -2.34. The van der Waals surface area contributed by atoms with E-state index in [0.29, 0.717) is 24.7 Å². The quantitative estimate of drug-likeness (QED) is 0.516. The van der Waals surface area contributed by atoms with E-state index >= 15 is 0 Å². The number of phenols is 1. The normalized spacial score (nSPS) is 15.0. The molecule has 0 bridgehead atoms. The SMILES string of the molecule is NCC1NCCc2ccccc21.O=[N+]([O-])c1cc([N+](=O)[O-])c(O)c([N+](=O)[O-])c1. The summed E-state index contributed by atoms with van der Waals surface area (Å²) in [7, 11) is 0. The van der Waals surface area contributed by atoms with E-state index in [4.69, 9.17) is 10.8 Å². The zero-order valence-electron chi connectivity index (χ0n) is 14.5. The molecule has 0 radical (unpaired) electrons. The Morgan fingerprint density at radius 1 is 1.04 bits per heavy atom. The third-order valence-corrected chi connectivity index (χ3v) is 4.11. The summed E-state index contributed by atoms with van der Waals surface area (Å²) in [5.74, 6) is -1.21. The second kappa shape index (κ2) is 8.83. The molecular formula is C16H17N5O7. The average molecular weight is 391 g/mol. The minimum absolute atomic E-state index is 0.370. The molecule has 0 fully saturated rings. The third-order valence-electron chi connectivity index (χ3n) is 4.11. The van der Waals surface area contributed by atoms with Crippen LogP contribution in [0.2, 0.25) is 0 Å². The summed E-state index contributed by atoms with van der Waals surface area (Å²) in [4.78, 5) is 27.8. The van der Waals surface area contributed by atoms with E-state index in [1.165, 1.54) is 11.1 Å². The van der Waals surface area contributed by atoms with Gasteiger partial charge in [-0.1, -0.05) is 24.3 Å². The maximum atomic E-state index is 10.4. The Hall–Kier alpha value is -3.64. The van der Waals surface area contributed by atoms with Gasteiger partial charge in [-0.15, -0.1) is 0 Å². The molecule has 1 aliphatic rings. The van der Waals surface area contributed by atoms with Crippen LogP contribution in [0.3, 0.4) is 0 Å². The monoisotopic (exact) mass is 391 g/mol. The van der Waals surface area contributed by atoms with Crippen LogP contribution in [0.25, 0.3) is 0 Å². The van der Waals surface area contributed by atoms with Crippen molar-refractivity contribution in [2.75, 3.05) is 13.1 Å². The summed E-state index contributed by atoms with van der Waals surface area (Å²) in [6.45, 7) is 1.75. The Balaban J connectivity index is 0.000000207. The van der Waals surface area contributed by atoms with Gasteiger partial charge in [-0.05, 0) is 24.1 Å². The van der Waals surface area contributed by atoms with E-state index in [1.54, 1.807) is 0 Å². The largest absolute Gasteiger partial charge is 0.497 e. The van der Waals surface area contributed by atoms with E-state index in [1.807, 2.05) is 0 Å². The van der Waals surface area contributed by atoms with E-state index in [0.717, 1.165) is 13.0 Å². The first-order valence-electron chi connectivity index (χ1n) is 8.07. The molecule has 1 aliphatic heterocycles. The van der Waals surface area contributed by atoms with Crippen molar-refractivity contribution in [1.29, 1.82) is 0 Å². The lowest BCUT2D eigenvalue weighted by atomic mass is 9.95. The number of non-ortho nitro benzene ring substituents is 1. The van der Waals surface area contributed by atoms with Gasteiger partial charge in [0.2, 0.25) is 0 Å². The van der Waals surface area contributed by atoms with Crippen LogP contribution in [0.5, 0.6) is 5.75 Å². The standard InChI is InChI=1S/C10H14N2.C6H3N3O7/c11-7-10-9-4-2-1-3-8(9)5-6-12-10;10-6-4(8(13)14)1-3(7(11)12)2-5(6)9(15)16/h1-4,10,12H,5-7,11H2;1-2,10H. The molecule has 0 saturated carbocycles. The number of nitrogens with one attached hydrogen (secondary N) is 1. The van der Waals surface area contributed by atoms with Crippen LogP contribution in [0.4, 0.5) is 17.1 Å². The van der Waals surface area contributed by atoms with Crippen molar-refractivity contribution in [3.8, 4) is 5.75 Å². The number of nitro benzene ring substituents is 3. The zero-order chi connectivity index (χ0) is 20.8. The van der Waals surface area contributed by atoms with E-state index < -0.39 is 37.6 Å². The number of aromatic hydroxyl groups is 1. The van der Waals surface area contributed by atoms with Crippen molar-refractivity contribution in [1.82, 2.24) is 5.32 Å². The number of nitro groups is 3. The molecule has 1 atom stereocenters. The predicted octanol–water partition coefficient (Wildman–Crippen LogP) is 1.95. The van der Waals surface area contributed by atoms with Gasteiger partial charge in [-0.25, -0.2) is 0 Å². The first kappa shape index (κ1) is 20.7. The van der Waals surface area contributed by atoms with Crippen molar-refractivity contribution >= 4 is 17.1 Å². The molecule has 2 aromatic carbocycles. The van der Waals surface area contributed by atoms with Crippen molar-refractivity contribution < 1.29 is 19.9 Å². The maximum Gasteiger partial charge on any atom is 0.324 e. The number of fused-ring (bicyclic) bond motifs is 1. The number of phenolic OH excluding ortho intramolecular Hbond substituents is 1. The number of nitrogens with zero attached hydrogens (tertiary/aromatic N) is 3. The van der Waals surface area contributed by atoms with Crippen LogP contribution < -0.4 is 11.1 Å². The molecule has 0 aliphatic carbocycles. The van der Waals surface area contributed by atoms with Crippen LogP contribution in [0.15, 0.2) is 36.4 Å². The Morgan fingerprint density at radius 3 is 2.11 bits per heavy atom. The summed E-state index contributed by atoms with van der Waals surface area (Å²) in [6.07, 6.45) is 1.13. The Kier molecular flexibility index (Phi) is 6.52. The van der Waals surface area contributed by atoms with Gasteiger partial charge < -0.3 is 16.2 Å². The fraction of sp³-hybridized carbons (Fsp3) is 0.250. The van der Waals surface area contributed by atoms with Gasteiger partial charge in [0.05, 0.1) is 26.9 Å². The van der Waals surface area contributed by atoms with Gasteiger partial charge >= 0.3 is 11.4 Å². The molecule has 4 N–H and O–H groups in total. The average Bonchev–Trinajstić information content (AvgIpc) is 2.67. The topological polar surface area (TPSA) is 188 Å². The Bertz CT molecular complexity index is 883. The highest BCUT2D eigenvalue weighted by Gasteiger charge is 2.30. The molecule has 3 rings (SSSR count). The van der Waals surface area contributed by atoms with Gasteiger partial charge in [0, 0.05) is 12.6 Å². The highest BCUT2D eigenvalue weighted by molar-refractivity contribution is 5.64. The molecule has 12 nitrogen and oxygen atoms in total. The lowest BCUT2D eigenvalue weighted by molar-refractivity contribution is -0.404. The fourth-order valence-corrected chi connectivity index (χ4v) is 2.78. The molecule has 12 heteroatoms. The summed E-state index contributed by atoms with van der Waals surface area (Å²) in [5, 5.41) is 43.6. The number of hydrogen-bond acceptors (Lipinski definition) is 9. The van der Waals surface area contributed by atoms with Crippen LogP contribution >= 0.6 is 0 Å². The van der Waals surface area contributed by atoms with E-state index in [-0.39, 0.29) is 0 Å². The molecule has 2 aromatic rings. The van der Waals surface area contributed by atoms with Crippen molar-refractivity contribution in [2.45, 2.75) is 12.5 Å². The second-order valence-corrected chi connectivity index (χ2v) is 5.80. The van der Waals surface area contributed by atoms with Crippen LogP contribution in [-0.2, 0) is 6.42 Å². The summed E-state index contributed by atoms with van der Waals surface area (Å²) < 4.78 is 0. The highest BCUT2D eigenvalue weighted by Crippen LogP contribution is 2.38. The smallest absolute Gasteiger partial charge is 0.324 e. The molecule has 0 amide bonds. The first-order valence-corrected chi connectivity index (χ1v) is 8.07. The number of hydrogen-bond donors (Lipinski definition) is 3. The third kappa shape index (κ3) is 4.55. The van der Waals surface area contributed by atoms with Crippen LogP contribution in [0, 0.1) is 30.3 Å². The highest BCUT2D eigenvalue weighted by atomic mass is 16.6. The molecule has 28 heavy (non-hydrogen) atoms. The van der Waals surface area contributed by atoms with Gasteiger partial charge in [-0.3, -0.25) is 30.3 Å². The Labute approximate surface area is 158 Å². The molecule has 1 heterocycles. The van der Waals surface area contributed by atoms with Crippen molar-refractivity contribution in [3.63, 3.8) is 0 Å². The molecule has 148 valence electrons. The summed E-state index contributed by atoms with van der Waals surface area (Å²) in [5.41, 5.74) is 5.49. The number of rotatable bonds is 4. The van der Waals surface area contributed by atoms with Gasteiger partial charge in [0.1, 0.15) is 0 Å². The molecule has 1 unspecified atom stereocenters. The van der Waals surface area contributed by atoms with Crippen molar-refractivity contribution in [3.05, 3.63) is 77.9 Å². The summed E-state index contributed by atoms with van der Waals surface area (Å²) in [6, 6.07) is 9.80. The molecule has 0 aromatic heterocycles. The zero-order valence-corrected chi connectivity index (χ0v) is 14.5. The fourth-order valence-electron chi connectivity index (χ4n) is 2.78. The van der Waals surface area contributed by atoms with Crippen LogP contribution in [-0.4, -0.2) is 33.0 Å². The second-order valence-electron chi connectivity index (χ2n) is 5.80.